The van der Waals surface area contributed by atoms with Gasteiger partial charge in [0.2, 0.25) is 11.9 Å². The van der Waals surface area contributed by atoms with Crippen molar-refractivity contribution in [2.24, 2.45) is 0 Å². The van der Waals surface area contributed by atoms with E-state index in [-0.39, 0.29) is 5.91 Å². The van der Waals surface area contributed by atoms with Crippen molar-refractivity contribution < 1.29 is 9.53 Å². The first-order chi connectivity index (χ1) is 13.7. The highest BCUT2D eigenvalue weighted by Gasteiger charge is 2.13. The molecule has 148 valence electrons. The second-order valence-electron chi connectivity index (χ2n) is 6.66. The molecule has 2 aromatic carbocycles. The van der Waals surface area contributed by atoms with Gasteiger partial charge in [-0.05, 0) is 38.0 Å². The SMILES string of the molecule is CCOCCCn1c(NC(=O)CSCc2cccc(C)c2)nc2ccccc21. The lowest BCUT2D eigenvalue weighted by Crippen LogP contribution is -2.18. The number of ether oxygens (including phenoxy) is 1. The van der Waals surface area contributed by atoms with Crippen molar-refractivity contribution in [2.75, 3.05) is 24.3 Å². The molecule has 0 atom stereocenters. The number of nitrogens with zero attached hydrogens (tertiary/aromatic N) is 2. The number of carbonyl (C=O) groups excluding carboxylic acids is 1. The Kier molecular flexibility index (Phi) is 7.51. The average molecular weight is 398 g/mol. The van der Waals surface area contributed by atoms with Crippen molar-refractivity contribution >= 4 is 34.7 Å². The number of fused-ring (bicyclic) bond motifs is 1. The molecule has 1 amide bonds. The van der Waals surface area contributed by atoms with Gasteiger partial charge in [-0.25, -0.2) is 4.98 Å². The zero-order chi connectivity index (χ0) is 19.8. The monoisotopic (exact) mass is 397 g/mol. The Morgan fingerprint density at radius 1 is 1.21 bits per heavy atom. The molecule has 1 heterocycles. The first-order valence-corrected chi connectivity index (χ1v) is 10.8. The van der Waals surface area contributed by atoms with E-state index in [1.54, 1.807) is 11.8 Å². The van der Waals surface area contributed by atoms with Crippen LogP contribution in [0, 0.1) is 6.92 Å². The number of thioether (sulfide) groups is 1. The lowest BCUT2D eigenvalue weighted by molar-refractivity contribution is -0.113. The third-order valence-electron chi connectivity index (χ3n) is 4.36. The smallest absolute Gasteiger partial charge is 0.236 e. The zero-order valence-electron chi connectivity index (χ0n) is 16.5. The maximum absolute atomic E-state index is 12.5. The highest BCUT2D eigenvalue weighted by molar-refractivity contribution is 7.99. The Hall–Kier alpha value is -2.31. The first-order valence-electron chi connectivity index (χ1n) is 9.63. The van der Waals surface area contributed by atoms with Crippen molar-refractivity contribution in [3.8, 4) is 0 Å². The fourth-order valence-corrected chi connectivity index (χ4v) is 3.87. The minimum absolute atomic E-state index is 0.0287. The summed E-state index contributed by atoms with van der Waals surface area (Å²) in [6.07, 6.45) is 0.874. The Bertz CT molecular complexity index is 923. The maximum atomic E-state index is 12.5. The van der Waals surface area contributed by atoms with Gasteiger partial charge in [0.15, 0.2) is 0 Å². The van der Waals surface area contributed by atoms with Crippen LogP contribution in [0.15, 0.2) is 48.5 Å². The molecular formula is C22H27N3O2S. The third kappa shape index (κ3) is 5.59. The van der Waals surface area contributed by atoms with E-state index >= 15 is 0 Å². The van der Waals surface area contributed by atoms with Gasteiger partial charge < -0.3 is 9.30 Å². The second kappa shape index (κ2) is 10.3. The summed E-state index contributed by atoms with van der Waals surface area (Å²) in [6, 6.07) is 16.3. The van der Waals surface area contributed by atoms with E-state index in [1.165, 1.54) is 11.1 Å². The van der Waals surface area contributed by atoms with Crippen LogP contribution >= 0.6 is 11.8 Å². The number of amides is 1. The fraction of sp³-hybridized carbons (Fsp3) is 0.364. The van der Waals surface area contributed by atoms with Crippen LogP contribution in [0.25, 0.3) is 11.0 Å². The second-order valence-corrected chi connectivity index (χ2v) is 7.64. The summed E-state index contributed by atoms with van der Waals surface area (Å²) in [7, 11) is 0. The number of hydrogen-bond acceptors (Lipinski definition) is 4. The van der Waals surface area contributed by atoms with E-state index in [1.807, 2.05) is 31.2 Å². The summed E-state index contributed by atoms with van der Waals surface area (Å²) < 4.78 is 7.51. The number of imidazole rings is 1. The molecule has 1 N–H and O–H groups in total. The van der Waals surface area contributed by atoms with Gasteiger partial charge in [-0.1, -0.05) is 42.0 Å². The van der Waals surface area contributed by atoms with Crippen LogP contribution in [0.4, 0.5) is 5.95 Å². The van der Waals surface area contributed by atoms with E-state index in [4.69, 9.17) is 4.74 Å². The predicted octanol–water partition coefficient (Wildman–Crippen LogP) is 4.64. The molecule has 5 nitrogen and oxygen atoms in total. The standard InChI is InChI=1S/C22H27N3O2S/c1-3-27-13-7-12-25-20-11-5-4-10-19(20)23-22(25)24-21(26)16-28-15-18-9-6-8-17(2)14-18/h4-6,8-11,14H,3,7,12-13,15-16H2,1-2H3,(H,23,24,26). The third-order valence-corrected chi connectivity index (χ3v) is 5.37. The van der Waals surface area contributed by atoms with Crippen molar-refractivity contribution in [3.63, 3.8) is 0 Å². The number of anilines is 1. The molecule has 0 unspecified atom stereocenters. The van der Waals surface area contributed by atoms with Crippen LogP contribution in [0.5, 0.6) is 0 Å². The van der Waals surface area contributed by atoms with Crippen LogP contribution in [0.2, 0.25) is 0 Å². The molecule has 0 radical (unpaired) electrons. The molecule has 28 heavy (non-hydrogen) atoms. The fourth-order valence-electron chi connectivity index (χ4n) is 3.09. The summed E-state index contributed by atoms with van der Waals surface area (Å²) in [4.78, 5) is 17.1. The Balaban J connectivity index is 1.61. The molecule has 3 aromatic rings. The Morgan fingerprint density at radius 3 is 2.89 bits per heavy atom. The highest BCUT2D eigenvalue weighted by atomic mass is 32.2. The zero-order valence-corrected chi connectivity index (χ0v) is 17.3. The Labute approximate surface area is 170 Å². The van der Waals surface area contributed by atoms with Gasteiger partial charge in [-0.3, -0.25) is 10.1 Å². The van der Waals surface area contributed by atoms with Gasteiger partial charge in [-0.2, -0.15) is 0 Å². The molecule has 0 aliphatic heterocycles. The molecule has 0 aliphatic carbocycles. The highest BCUT2D eigenvalue weighted by Crippen LogP contribution is 2.21. The molecule has 0 saturated carbocycles. The summed E-state index contributed by atoms with van der Waals surface area (Å²) in [5.74, 6) is 1.80. The van der Waals surface area contributed by atoms with Gasteiger partial charge in [0.25, 0.3) is 0 Å². The van der Waals surface area contributed by atoms with Crippen molar-refractivity contribution in [2.45, 2.75) is 32.6 Å². The Morgan fingerprint density at radius 2 is 2.07 bits per heavy atom. The normalized spacial score (nSPS) is 11.1. The molecular weight excluding hydrogens is 370 g/mol. The minimum atomic E-state index is -0.0287. The molecule has 0 saturated heterocycles. The summed E-state index contributed by atoms with van der Waals surface area (Å²) in [5.41, 5.74) is 4.40. The lowest BCUT2D eigenvalue weighted by atomic mass is 10.2. The summed E-state index contributed by atoms with van der Waals surface area (Å²) >= 11 is 1.61. The van der Waals surface area contributed by atoms with E-state index in [9.17, 15) is 4.79 Å². The van der Waals surface area contributed by atoms with Crippen molar-refractivity contribution in [1.29, 1.82) is 0 Å². The molecule has 3 rings (SSSR count). The number of aromatic nitrogens is 2. The van der Waals surface area contributed by atoms with Gasteiger partial charge in [0.1, 0.15) is 0 Å². The molecule has 0 fully saturated rings. The van der Waals surface area contributed by atoms with E-state index < -0.39 is 0 Å². The van der Waals surface area contributed by atoms with Gasteiger partial charge in [0, 0.05) is 25.5 Å². The van der Waals surface area contributed by atoms with E-state index in [0.717, 1.165) is 29.8 Å². The van der Waals surface area contributed by atoms with E-state index in [2.05, 4.69) is 46.1 Å². The number of benzene rings is 2. The number of carbonyl (C=O) groups is 1. The van der Waals surface area contributed by atoms with Gasteiger partial charge in [0.05, 0.1) is 16.8 Å². The summed E-state index contributed by atoms with van der Waals surface area (Å²) in [6.45, 7) is 6.24. The number of aryl methyl sites for hydroxylation is 2. The van der Waals surface area contributed by atoms with Crippen LogP contribution in [0.3, 0.4) is 0 Å². The molecule has 0 aliphatic rings. The molecule has 0 bridgehead atoms. The topological polar surface area (TPSA) is 56.1 Å². The van der Waals surface area contributed by atoms with E-state index in [0.29, 0.717) is 24.9 Å². The van der Waals surface area contributed by atoms with Crippen LogP contribution in [-0.2, 0) is 21.8 Å². The summed E-state index contributed by atoms with van der Waals surface area (Å²) in [5, 5.41) is 2.99. The van der Waals surface area contributed by atoms with Crippen LogP contribution in [0.1, 0.15) is 24.5 Å². The minimum Gasteiger partial charge on any atom is -0.382 e. The van der Waals surface area contributed by atoms with Crippen molar-refractivity contribution in [3.05, 3.63) is 59.7 Å². The molecule has 0 spiro atoms. The number of rotatable bonds is 10. The number of hydrogen-bond donors (Lipinski definition) is 1. The van der Waals surface area contributed by atoms with Gasteiger partial charge in [-0.15, -0.1) is 11.8 Å². The predicted molar refractivity (Wildman–Crippen MR) is 117 cm³/mol. The first kappa shape index (κ1) is 20.4. The largest absolute Gasteiger partial charge is 0.382 e. The molecule has 1 aromatic heterocycles. The van der Waals surface area contributed by atoms with Crippen molar-refractivity contribution in [1.82, 2.24) is 9.55 Å². The average Bonchev–Trinajstić information content (AvgIpc) is 3.02. The lowest BCUT2D eigenvalue weighted by Gasteiger charge is -2.10. The van der Waals surface area contributed by atoms with Gasteiger partial charge >= 0.3 is 0 Å². The maximum Gasteiger partial charge on any atom is 0.236 e. The van der Waals surface area contributed by atoms with Crippen LogP contribution in [-0.4, -0.2) is 34.4 Å². The molecule has 6 heteroatoms. The van der Waals surface area contributed by atoms with Crippen LogP contribution < -0.4 is 5.32 Å². The number of para-hydroxylation sites is 2. The number of nitrogens with one attached hydrogen (secondary N) is 1. The quantitative estimate of drug-likeness (QED) is 0.506.